The van der Waals surface area contributed by atoms with Gasteiger partial charge in [-0.3, -0.25) is 9.78 Å². The first kappa shape index (κ1) is 17.3. The Labute approximate surface area is 143 Å². The number of hydrogen-bond acceptors (Lipinski definition) is 5. The van der Waals surface area contributed by atoms with E-state index in [2.05, 4.69) is 10.3 Å². The molecule has 132 valence electrons. The van der Waals surface area contributed by atoms with Crippen LogP contribution in [0.1, 0.15) is 25.7 Å². The molecule has 8 heteroatoms. The van der Waals surface area contributed by atoms with Gasteiger partial charge in [-0.05, 0) is 37.8 Å². The first-order valence-electron chi connectivity index (χ1n) is 8.26. The van der Waals surface area contributed by atoms with Crippen molar-refractivity contribution < 1.29 is 13.2 Å². The summed E-state index contributed by atoms with van der Waals surface area (Å²) in [6, 6.07) is 4.21. The molecule has 3 heterocycles. The minimum absolute atomic E-state index is 0.0999. The lowest BCUT2D eigenvalue weighted by Crippen LogP contribution is -2.50. The van der Waals surface area contributed by atoms with Crippen molar-refractivity contribution in [2.75, 3.05) is 20.6 Å². The molecule has 0 saturated carbocycles. The van der Waals surface area contributed by atoms with Crippen molar-refractivity contribution in [1.82, 2.24) is 19.5 Å². The third-order valence-electron chi connectivity index (χ3n) is 5.09. The smallest absolute Gasteiger partial charge is 0.244 e. The summed E-state index contributed by atoms with van der Waals surface area (Å²) < 4.78 is 26.1. The molecule has 7 nitrogen and oxygen atoms in total. The number of amides is 1. The van der Waals surface area contributed by atoms with Crippen molar-refractivity contribution in [1.29, 1.82) is 0 Å². The first-order chi connectivity index (χ1) is 11.4. The maximum atomic E-state index is 12.5. The minimum atomic E-state index is -3.70. The van der Waals surface area contributed by atoms with Gasteiger partial charge in [-0.1, -0.05) is 0 Å². The summed E-state index contributed by atoms with van der Waals surface area (Å²) in [6.45, 7) is -0.160. The van der Waals surface area contributed by atoms with Crippen LogP contribution in [0.3, 0.4) is 0 Å². The van der Waals surface area contributed by atoms with E-state index < -0.39 is 10.0 Å². The van der Waals surface area contributed by atoms with Gasteiger partial charge in [0.05, 0.1) is 6.54 Å². The number of hydrogen-bond donors (Lipinski definition) is 1. The number of nitrogens with zero attached hydrogens (tertiary/aromatic N) is 3. The van der Waals surface area contributed by atoms with Crippen LogP contribution < -0.4 is 5.32 Å². The van der Waals surface area contributed by atoms with Gasteiger partial charge in [0.1, 0.15) is 4.90 Å². The highest BCUT2D eigenvalue weighted by Crippen LogP contribution is 2.29. The van der Waals surface area contributed by atoms with Gasteiger partial charge in [0.25, 0.3) is 0 Å². The Hall–Kier alpha value is -1.51. The number of aromatic nitrogens is 1. The molecule has 0 aromatic carbocycles. The molecule has 0 radical (unpaired) electrons. The van der Waals surface area contributed by atoms with E-state index in [1.54, 1.807) is 18.0 Å². The van der Waals surface area contributed by atoms with Gasteiger partial charge >= 0.3 is 0 Å². The third-order valence-corrected chi connectivity index (χ3v) is 6.88. The predicted molar refractivity (Wildman–Crippen MR) is 89.8 cm³/mol. The number of piperidine rings is 1. The largest absolute Gasteiger partial charge is 0.342 e. The Kier molecular flexibility index (Phi) is 4.89. The molecule has 1 aromatic rings. The van der Waals surface area contributed by atoms with Crippen molar-refractivity contribution in [3.8, 4) is 0 Å². The number of carbonyl (C=O) groups is 1. The van der Waals surface area contributed by atoms with Crippen LogP contribution in [0.5, 0.6) is 0 Å². The second-order valence-electron chi connectivity index (χ2n) is 6.72. The molecule has 2 aliphatic heterocycles. The van der Waals surface area contributed by atoms with Gasteiger partial charge in [-0.15, -0.1) is 0 Å². The van der Waals surface area contributed by atoms with E-state index in [1.807, 2.05) is 0 Å². The lowest BCUT2D eigenvalue weighted by molar-refractivity contribution is -0.132. The Balaban J connectivity index is 1.63. The van der Waals surface area contributed by atoms with E-state index >= 15 is 0 Å². The highest BCUT2D eigenvalue weighted by Gasteiger charge is 2.37. The van der Waals surface area contributed by atoms with Gasteiger partial charge in [0, 0.05) is 44.6 Å². The number of likely N-dealkylation sites (N-methyl/N-ethyl adjacent to an activating group) is 2. The molecule has 0 spiro atoms. The number of rotatable bonds is 5. The topological polar surface area (TPSA) is 82.6 Å². The minimum Gasteiger partial charge on any atom is -0.342 e. The van der Waals surface area contributed by atoms with E-state index in [0.717, 1.165) is 17.1 Å². The highest BCUT2D eigenvalue weighted by molar-refractivity contribution is 7.89. The summed E-state index contributed by atoms with van der Waals surface area (Å²) >= 11 is 0. The average molecular weight is 352 g/mol. The number of nitrogens with one attached hydrogen (secondary N) is 1. The zero-order valence-corrected chi connectivity index (χ0v) is 14.9. The zero-order chi connectivity index (χ0) is 17.3. The summed E-state index contributed by atoms with van der Waals surface area (Å²) in [6.07, 6.45) is 7.03. The van der Waals surface area contributed by atoms with Crippen LogP contribution in [-0.4, -0.2) is 67.3 Å². The molecule has 1 amide bonds. The summed E-state index contributed by atoms with van der Waals surface area (Å²) in [5, 5.41) is 3.55. The normalized spacial score (nSPS) is 26.5. The van der Waals surface area contributed by atoms with Crippen LogP contribution in [-0.2, 0) is 14.8 Å². The summed E-state index contributed by atoms with van der Waals surface area (Å²) in [5.74, 6) is -0.170. The number of sulfonamides is 1. The zero-order valence-electron chi connectivity index (χ0n) is 14.1. The van der Waals surface area contributed by atoms with Crippen LogP contribution in [0.4, 0.5) is 0 Å². The molecule has 24 heavy (non-hydrogen) atoms. The van der Waals surface area contributed by atoms with E-state index in [1.165, 1.54) is 38.3 Å². The molecule has 2 atom stereocenters. The summed E-state index contributed by atoms with van der Waals surface area (Å²) in [4.78, 5) is 18.2. The van der Waals surface area contributed by atoms with Crippen LogP contribution >= 0.6 is 0 Å². The second kappa shape index (κ2) is 6.78. The molecule has 2 unspecified atom stereocenters. The Morgan fingerprint density at radius 1 is 1.29 bits per heavy atom. The quantitative estimate of drug-likeness (QED) is 0.832. The van der Waals surface area contributed by atoms with Gasteiger partial charge in [0.2, 0.25) is 15.9 Å². The number of pyridine rings is 1. The average Bonchev–Trinajstić information content (AvgIpc) is 2.92. The van der Waals surface area contributed by atoms with E-state index in [0.29, 0.717) is 12.1 Å². The van der Waals surface area contributed by atoms with Crippen molar-refractivity contribution >= 4 is 15.9 Å². The van der Waals surface area contributed by atoms with Crippen LogP contribution in [0.15, 0.2) is 29.4 Å². The first-order valence-corrected chi connectivity index (χ1v) is 9.70. The van der Waals surface area contributed by atoms with Crippen molar-refractivity contribution in [3.05, 3.63) is 24.5 Å². The van der Waals surface area contributed by atoms with Crippen molar-refractivity contribution in [3.63, 3.8) is 0 Å². The molecule has 1 aromatic heterocycles. The number of carbonyl (C=O) groups excluding carboxylic acids is 1. The maximum Gasteiger partial charge on any atom is 0.244 e. The molecule has 0 aliphatic carbocycles. The monoisotopic (exact) mass is 352 g/mol. The van der Waals surface area contributed by atoms with E-state index in [4.69, 9.17) is 0 Å². The fourth-order valence-electron chi connectivity index (χ4n) is 3.61. The summed E-state index contributed by atoms with van der Waals surface area (Å²) in [7, 11) is -0.486. The van der Waals surface area contributed by atoms with E-state index in [9.17, 15) is 13.2 Å². The maximum absolute atomic E-state index is 12.5. The Morgan fingerprint density at radius 3 is 2.54 bits per heavy atom. The van der Waals surface area contributed by atoms with Crippen molar-refractivity contribution in [2.45, 2.75) is 48.7 Å². The lowest BCUT2D eigenvalue weighted by atomic mass is 9.98. The molecule has 2 fully saturated rings. The third kappa shape index (κ3) is 3.45. The molecule has 1 N–H and O–H groups in total. The summed E-state index contributed by atoms with van der Waals surface area (Å²) in [5.41, 5.74) is 0. The standard InChI is InChI=1S/C16H24N4O3S/c1-19(24(22,23)15-4-3-7-17-10-15)11-16(21)20(2)14-8-12-5-6-13(9-14)18-12/h3-4,7,10,12-14,18H,5-6,8-9,11H2,1-2H3. The lowest BCUT2D eigenvalue weighted by Gasteiger charge is -2.36. The van der Waals surface area contributed by atoms with Crippen LogP contribution in [0, 0.1) is 0 Å². The van der Waals surface area contributed by atoms with Crippen LogP contribution in [0.2, 0.25) is 0 Å². The molecule has 2 bridgehead atoms. The van der Waals surface area contributed by atoms with Gasteiger partial charge in [0.15, 0.2) is 0 Å². The Bertz CT molecular complexity index is 683. The predicted octanol–water partition coefficient (Wildman–Crippen LogP) is 0.444. The van der Waals surface area contributed by atoms with E-state index in [-0.39, 0.29) is 23.4 Å². The second-order valence-corrected chi connectivity index (χ2v) is 8.76. The fourth-order valence-corrected chi connectivity index (χ4v) is 4.70. The molecule has 3 rings (SSSR count). The fraction of sp³-hybridized carbons (Fsp3) is 0.625. The van der Waals surface area contributed by atoms with Gasteiger partial charge in [-0.25, -0.2) is 8.42 Å². The molecule has 2 aliphatic rings. The molecule has 2 saturated heterocycles. The highest BCUT2D eigenvalue weighted by atomic mass is 32.2. The van der Waals surface area contributed by atoms with Crippen LogP contribution in [0.25, 0.3) is 0 Å². The molecular weight excluding hydrogens is 328 g/mol. The molecular formula is C16H24N4O3S. The SMILES string of the molecule is CN(C(=O)CN(C)S(=O)(=O)c1cccnc1)C1CC2CCC(C1)N2. The number of fused-ring (bicyclic) bond motifs is 2. The van der Waals surface area contributed by atoms with Crippen molar-refractivity contribution in [2.24, 2.45) is 0 Å². The van der Waals surface area contributed by atoms with Gasteiger partial charge < -0.3 is 10.2 Å². The Morgan fingerprint density at radius 2 is 1.96 bits per heavy atom. The van der Waals surface area contributed by atoms with Gasteiger partial charge in [-0.2, -0.15) is 4.31 Å².